The van der Waals surface area contributed by atoms with Crippen LogP contribution in [0.3, 0.4) is 0 Å². The summed E-state index contributed by atoms with van der Waals surface area (Å²) in [7, 11) is -2.37. The molecule has 1 aliphatic heterocycles. The van der Waals surface area contributed by atoms with E-state index in [1.807, 2.05) is 19.1 Å². The highest BCUT2D eigenvalue weighted by Crippen LogP contribution is 2.22. The molecule has 1 fully saturated rings. The summed E-state index contributed by atoms with van der Waals surface area (Å²) in [5.74, 6) is -0.359. The van der Waals surface area contributed by atoms with Crippen LogP contribution in [0.5, 0.6) is 0 Å². The van der Waals surface area contributed by atoms with Crippen LogP contribution in [-0.4, -0.2) is 45.3 Å². The molecule has 0 saturated carbocycles. The Kier molecular flexibility index (Phi) is 7.39. The van der Waals surface area contributed by atoms with Gasteiger partial charge in [-0.1, -0.05) is 23.7 Å². The van der Waals surface area contributed by atoms with Gasteiger partial charge in [-0.15, -0.1) is 0 Å². The predicted molar refractivity (Wildman–Crippen MR) is 120 cm³/mol. The van der Waals surface area contributed by atoms with Crippen molar-refractivity contribution in [1.82, 2.24) is 9.62 Å². The third kappa shape index (κ3) is 5.53. The molecule has 3 rings (SSSR count). The van der Waals surface area contributed by atoms with Gasteiger partial charge in [0.2, 0.25) is 15.9 Å². The van der Waals surface area contributed by atoms with Crippen molar-refractivity contribution in [2.75, 3.05) is 31.6 Å². The van der Waals surface area contributed by atoms with Crippen LogP contribution < -0.4 is 10.2 Å². The fourth-order valence-electron chi connectivity index (χ4n) is 3.57. The number of nitrogens with one attached hydrogen (secondary N) is 1. The standard InChI is InChI=1S/C22H28ClN3O3S/c1-17(18-6-10-20(11-7-18)26-14-4-3-5-15-26)24-22(27)16-25(2)30(28,29)21-12-8-19(23)9-13-21/h6-13,17H,3-5,14-16H2,1-2H3,(H,24,27)/t17-/m0/s1. The zero-order chi connectivity index (χ0) is 21.7. The zero-order valence-electron chi connectivity index (χ0n) is 17.3. The second kappa shape index (κ2) is 9.81. The van der Waals surface area contributed by atoms with Crippen LogP contribution in [-0.2, 0) is 14.8 Å². The molecule has 1 N–H and O–H groups in total. The van der Waals surface area contributed by atoms with E-state index in [9.17, 15) is 13.2 Å². The number of piperidine rings is 1. The van der Waals surface area contributed by atoms with E-state index < -0.39 is 10.0 Å². The van der Waals surface area contributed by atoms with E-state index >= 15 is 0 Å². The first-order valence-electron chi connectivity index (χ1n) is 10.1. The molecule has 1 amide bonds. The Balaban J connectivity index is 1.57. The maximum Gasteiger partial charge on any atom is 0.243 e. The number of rotatable bonds is 7. The summed E-state index contributed by atoms with van der Waals surface area (Å²) in [6, 6.07) is 13.9. The Morgan fingerprint density at radius 1 is 1.07 bits per heavy atom. The molecule has 0 unspecified atom stereocenters. The van der Waals surface area contributed by atoms with Crippen LogP contribution in [0.4, 0.5) is 5.69 Å². The largest absolute Gasteiger partial charge is 0.372 e. The molecule has 0 spiro atoms. The van der Waals surface area contributed by atoms with E-state index in [-0.39, 0.29) is 23.4 Å². The monoisotopic (exact) mass is 449 g/mol. The second-order valence-corrected chi connectivity index (χ2v) is 10.1. The van der Waals surface area contributed by atoms with Gasteiger partial charge in [0.25, 0.3) is 0 Å². The van der Waals surface area contributed by atoms with Gasteiger partial charge < -0.3 is 10.2 Å². The van der Waals surface area contributed by atoms with Crippen LogP contribution in [0.1, 0.15) is 37.8 Å². The van der Waals surface area contributed by atoms with Gasteiger partial charge in [0.15, 0.2) is 0 Å². The summed E-state index contributed by atoms with van der Waals surface area (Å²) in [6.07, 6.45) is 3.74. The maximum absolute atomic E-state index is 12.6. The first-order valence-corrected chi connectivity index (χ1v) is 12.0. The normalized spacial score (nSPS) is 15.8. The quantitative estimate of drug-likeness (QED) is 0.697. The number of hydrogen-bond acceptors (Lipinski definition) is 4. The molecule has 6 nitrogen and oxygen atoms in total. The first-order chi connectivity index (χ1) is 14.3. The summed E-state index contributed by atoms with van der Waals surface area (Å²) in [4.78, 5) is 14.9. The maximum atomic E-state index is 12.6. The molecule has 30 heavy (non-hydrogen) atoms. The minimum absolute atomic E-state index is 0.101. The minimum atomic E-state index is -3.76. The molecule has 162 valence electrons. The van der Waals surface area contributed by atoms with E-state index in [0.29, 0.717) is 5.02 Å². The molecular weight excluding hydrogens is 422 g/mol. The highest BCUT2D eigenvalue weighted by Gasteiger charge is 2.23. The number of hydrogen-bond donors (Lipinski definition) is 1. The fraction of sp³-hybridized carbons (Fsp3) is 0.409. The van der Waals surface area contributed by atoms with Crippen molar-refractivity contribution >= 4 is 33.2 Å². The zero-order valence-corrected chi connectivity index (χ0v) is 18.9. The van der Waals surface area contributed by atoms with Crippen LogP contribution >= 0.6 is 11.6 Å². The molecule has 0 aliphatic carbocycles. The Morgan fingerprint density at radius 3 is 2.27 bits per heavy atom. The number of carbonyl (C=O) groups excluding carboxylic acids is 1. The topological polar surface area (TPSA) is 69.7 Å². The summed E-state index contributed by atoms with van der Waals surface area (Å²) in [5, 5.41) is 3.33. The number of carbonyl (C=O) groups is 1. The van der Waals surface area contributed by atoms with Crippen molar-refractivity contribution in [3.63, 3.8) is 0 Å². The molecule has 2 aromatic carbocycles. The summed E-state index contributed by atoms with van der Waals surface area (Å²) >= 11 is 5.82. The number of benzene rings is 2. The van der Waals surface area contributed by atoms with Crippen molar-refractivity contribution in [3.05, 3.63) is 59.1 Å². The number of halogens is 1. The average molecular weight is 450 g/mol. The van der Waals surface area contributed by atoms with Crippen molar-refractivity contribution in [1.29, 1.82) is 0 Å². The van der Waals surface area contributed by atoms with Crippen molar-refractivity contribution in [2.45, 2.75) is 37.1 Å². The van der Waals surface area contributed by atoms with Crippen LogP contribution in [0, 0.1) is 0 Å². The number of nitrogens with zero attached hydrogens (tertiary/aromatic N) is 2. The third-order valence-electron chi connectivity index (χ3n) is 5.38. The minimum Gasteiger partial charge on any atom is -0.372 e. The molecule has 8 heteroatoms. The average Bonchev–Trinajstić information content (AvgIpc) is 2.74. The Morgan fingerprint density at radius 2 is 1.67 bits per heavy atom. The van der Waals surface area contributed by atoms with Gasteiger partial charge in [-0.3, -0.25) is 4.79 Å². The summed E-state index contributed by atoms with van der Waals surface area (Å²) in [6.45, 7) is 3.79. The van der Waals surface area contributed by atoms with Gasteiger partial charge in [0.1, 0.15) is 0 Å². The highest BCUT2D eigenvalue weighted by atomic mass is 35.5. The van der Waals surface area contributed by atoms with E-state index in [4.69, 9.17) is 11.6 Å². The van der Waals surface area contributed by atoms with E-state index in [2.05, 4.69) is 22.3 Å². The molecule has 0 radical (unpaired) electrons. The number of anilines is 1. The molecular formula is C22H28ClN3O3S. The van der Waals surface area contributed by atoms with Gasteiger partial charge in [0.05, 0.1) is 17.5 Å². The lowest BCUT2D eigenvalue weighted by molar-refractivity contribution is -0.121. The summed E-state index contributed by atoms with van der Waals surface area (Å²) < 4.78 is 26.3. The van der Waals surface area contributed by atoms with Crippen molar-refractivity contribution in [2.24, 2.45) is 0 Å². The Bertz CT molecular complexity index is 956. The second-order valence-electron chi connectivity index (χ2n) is 7.64. The third-order valence-corrected chi connectivity index (χ3v) is 7.45. The fourth-order valence-corrected chi connectivity index (χ4v) is 4.82. The predicted octanol–water partition coefficient (Wildman–Crippen LogP) is 3.83. The van der Waals surface area contributed by atoms with Gasteiger partial charge >= 0.3 is 0 Å². The summed E-state index contributed by atoms with van der Waals surface area (Å²) in [5.41, 5.74) is 2.18. The smallest absolute Gasteiger partial charge is 0.243 e. The van der Waals surface area contributed by atoms with Crippen LogP contribution in [0.25, 0.3) is 0 Å². The SMILES string of the molecule is C[C@H](NC(=O)CN(C)S(=O)(=O)c1ccc(Cl)cc1)c1ccc(N2CCCCC2)cc1. The molecule has 1 aliphatic rings. The molecule has 0 aromatic heterocycles. The molecule has 0 bridgehead atoms. The highest BCUT2D eigenvalue weighted by molar-refractivity contribution is 7.89. The van der Waals surface area contributed by atoms with Crippen LogP contribution in [0.2, 0.25) is 5.02 Å². The molecule has 1 atom stereocenters. The van der Waals surface area contributed by atoms with E-state index in [1.165, 1.54) is 56.3 Å². The lowest BCUT2D eigenvalue weighted by Gasteiger charge is -2.29. The lowest BCUT2D eigenvalue weighted by Crippen LogP contribution is -2.39. The lowest BCUT2D eigenvalue weighted by atomic mass is 10.1. The van der Waals surface area contributed by atoms with E-state index in [0.717, 1.165) is 23.0 Å². The van der Waals surface area contributed by atoms with Gasteiger partial charge in [-0.25, -0.2) is 8.42 Å². The van der Waals surface area contributed by atoms with Crippen LogP contribution in [0.15, 0.2) is 53.4 Å². The van der Waals surface area contributed by atoms with Gasteiger partial charge in [-0.2, -0.15) is 4.31 Å². The number of sulfonamides is 1. The molecule has 1 heterocycles. The van der Waals surface area contributed by atoms with Gasteiger partial charge in [0, 0.05) is 30.8 Å². The van der Waals surface area contributed by atoms with E-state index in [1.54, 1.807) is 0 Å². The Hall–Kier alpha value is -2.09. The van der Waals surface area contributed by atoms with Gasteiger partial charge in [-0.05, 0) is 68.1 Å². The Labute approximate surface area is 183 Å². The molecule has 1 saturated heterocycles. The van der Waals surface area contributed by atoms with Crippen molar-refractivity contribution in [3.8, 4) is 0 Å². The van der Waals surface area contributed by atoms with Crippen molar-refractivity contribution < 1.29 is 13.2 Å². The number of likely N-dealkylation sites (N-methyl/N-ethyl adjacent to an activating group) is 1. The molecule has 2 aromatic rings. The number of amides is 1. The first kappa shape index (κ1) is 22.6.